The highest BCUT2D eigenvalue weighted by molar-refractivity contribution is 9.10. The van der Waals surface area contributed by atoms with E-state index in [1.165, 1.54) is 12.8 Å². The molecule has 0 bridgehead atoms. The number of benzene rings is 1. The first kappa shape index (κ1) is 20.1. The van der Waals surface area contributed by atoms with Gasteiger partial charge < -0.3 is 14.4 Å². The molecule has 0 aromatic heterocycles. The SMILES string of the molecule is CCOc1cc(Br)c(CC(=O)N(C(C)C)C2CCCC2)cc1OCC. The van der Waals surface area contributed by atoms with Gasteiger partial charge in [-0.3, -0.25) is 4.79 Å². The number of ether oxygens (including phenoxy) is 2. The number of hydrogen-bond acceptors (Lipinski definition) is 3. The summed E-state index contributed by atoms with van der Waals surface area (Å²) in [7, 11) is 0. The fraction of sp³-hybridized carbons (Fsp3) is 0.650. The normalized spacial score (nSPS) is 14.8. The second-order valence-electron chi connectivity index (χ2n) is 6.77. The molecule has 1 fully saturated rings. The lowest BCUT2D eigenvalue weighted by molar-refractivity contribution is -0.134. The van der Waals surface area contributed by atoms with Gasteiger partial charge in [-0.05, 0) is 58.2 Å². The first-order chi connectivity index (χ1) is 12.0. The maximum absolute atomic E-state index is 13.0. The molecule has 140 valence electrons. The maximum atomic E-state index is 13.0. The first-order valence-corrected chi connectivity index (χ1v) is 10.2. The molecule has 1 amide bonds. The van der Waals surface area contributed by atoms with Crippen LogP contribution in [0.1, 0.15) is 58.9 Å². The summed E-state index contributed by atoms with van der Waals surface area (Å²) in [6, 6.07) is 4.46. The Balaban J connectivity index is 2.22. The largest absolute Gasteiger partial charge is 0.490 e. The van der Waals surface area contributed by atoms with Gasteiger partial charge in [0.1, 0.15) is 0 Å². The molecule has 0 saturated heterocycles. The van der Waals surface area contributed by atoms with Gasteiger partial charge in [0.05, 0.1) is 19.6 Å². The van der Waals surface area contributed by atoms with E-state index >= 15 is 0 Å². The van der Waals surface area contributed by atoms with Gasteiger partial charge >= 0.3 is 0 Å². The Morgan fingerprint density at radius 2 is 1.72 bits per heavy atom. The number of nitrogens with zero attached hydrogens (tertiary/aromatic N) is 1. The Labute approximate surface area is 160 Å². The van der Waals surface area contributed by atoms with Crippen LogP contribution in [0.25, 0.3) is 0 Å². The third-order valence-electron chi connectivity index (χ3n) is 4.62. The fourth-order valence-corrected chi connectivity index (χ4v) is 4.06. The van der Waals surface area contributed by atoms with Gasteiger partial charge in [-0.2, -0.15) is 0 Å². The molecule has 0 heterocycles. The van der Waals surface area contributed by atoms with Crippen molar-refractivity contribution in [2.45, 2.75) is 71.9 Å². The minimum atomic E-state index is 0.189. The van der Waals surface area contributed by atoms with Crippen molar-refractivity contribution in [3.63, 3.8) is 0 Å². The minimum absolute atomic E-state index is 0.189. The Bertz CT molecular complexity index is 583. The molecule has 5 heteroatoms. The van der Waals surface area contributed by atoms with Crippen molar-refractivity contribution >= 4 is 21.8 Å². The van der Waals surface area contributed by atoms with Crippen LogP contribution in [0.3, 0.4) is 0 Å². The molecular weight excluding hydrogens is 382 g/mol. The second kappa shape index (κ2) is 9.46. The molecule has 1 aromatic carbocycles. The standard InChI is InChI=1S/C20H30BrNO3/c1-5-24-18-11-15(17(21)13-19(18)25-6-2)12-20(23)22(14(3)4)16-9-7-8-10-16/h11,13-14,16H,5-10,12H2,1-4H3. The topological polar surface area (TPSA) is 38.8 Å². The van der Waals surface area contributed by atoms with E-state index in [0.717, 1.165) is 22.9 Å². The molecule has 1 aromatic rings. The van der Waals surface area contributed by atoms with Crippen LogP contribution in [0.2, 0.25) is 0 Å². The van der Waals surface area contributed by atoms with Crippen molar-refractivity contribution in [1.82, 2.24) is 4.90 Å². The van der Waals surface area contributed by atoms with E-state index in [4.69, 9.17) is 9.47 Å². The molecule has 4 nitrogen and oxygen atoms in total. The van der Waals surface area contributed by atoms with Crippen LogP contribution in [-0.4, -0.2) is 36.1 Å². The number of hydrogen-bond donors (Lipinski definition) is 0. The number of rotatable bonds is 8. The average Bonchev–Trinajstić information content (AvgIpc) is 3.05. The predicted molar refractivity (Wildman–Crippen MR) is 104 cm³/mol. The van der Waals surface area contributed by atoms with Crippen molar-refractivity contribution < 1.29 is 14.3 Å². The van der Waals surface area contributed by atoms with E-state index in [-0.39, 0.29) is 11.9 Å². The fourth-order valence-electron chi connectivity index (χ4n) is 3.60. The number of carbonyl (C=O) groups excluding carboxylic acids is 1. The molecule has 0 radical (unpaired) electrons. The van der Waals surface area contributed by atoms with Crippen molar-refractivity contribution in [3.8, 4) is 11.5 Å². The highest BCUT2D eigenvalue weighted by Crippen LogP contribution is 2.35. The molecule has 2 rings (SSSR count). The van der Waals surface area contributed by atoms with Crippen LogP contribution in [0.4, 0.5) is 0 Å². The summed E-state index contributed by atoms with van der Waals surface area (Å²) in [5.41, 5.74) is 0.945. The first-order valence-electron chi connectivity index (χ1n) is 9.37. The highest BCUT2D eigenvalue weighted by atomic mass is 79.9. The zero-order valence-corrected chi connectivity index (χ0v) is 17.4. The summed E-state index contributed by atoms with van der Waals surface area (Å²) in [6.45, 7) is 9.25. The second-order valence-corrected chi connectivity index (χ2v) is 7.62. The smallest absolute Gasteiger partial charge is 0.227 e. The molecular formula is C20H30BrNO3. The summed E-state index contributed by atoms with van der Waals surface area (Å²) in [6.07, 6.45) is 5.07. The summed E-state index contributed by atoms with van der Waals surface area (Å²) in [4.78, 5) is 15.1. The number of amides is 1. The van der Waals surface area contributed by atoms with Gasteiger partial charge in [0, 0.05) is 16.6 Å². The highest BCUT2D eigenvalue weighted by Gasteiger charge is 2.29. The average molecular weight is 412 g/mol. The summed E-state index contributed by atoms with van der Waals surface area (Å²) >= 11 is 3.59. The van der Waals surface area contributed by atoms with Crippen LogP contribution in [0.5, 0.6) is 11.5 Å². The Morgan fingerprint density at radius 1 is 1.16 bits per heavy atom. The van der Waals surface area contributed by atoms with Gasteiger partial charge in [0.2, 0.25) is 5.91 Å². The van der Waals surface area contributed by atoms with E-state index in [9.17, 15) is 4.79 Å². The molecule has 0 unspecified atom stereocenters. The van der Waals surface area contributed by atoms with E-state index in [1.54, 1.807) is 0 Å². The van der Waals surface area contributed by atoms with E-state index < -0.39 is 0 Å². The lowest BCUT2D eigenvalue weighted by Crippen LogP contribution is -2.44. The van der Waals surface area contributed by atoms with Gasteiger partial charge in [-0.25, -0.2) is 0 Å². The molecule has 1 aliphatic rings. The van der Waals surface area contributed by atoms with Crippen molar-refractivity contribution in [2.24, 2.45) is 0 Å². The molecule has 0 N–H and O–H groups in total. The summed E-state index contributed by atoms with van der Waals surface area (Å²) in [5.74, 6) is 1.60. The van der Waals surface area contributed by atoms with E-state index in [1.807, 2.05) is 26.0 Å². The summed E-state index contributed by atoms with van der Waals surface area (Å²) < 4.78 is 12.2. The van der Waals surface area contributed by atoms with Crippen molar-refractivity contribution in [3.05, 3.63) is 22.2 Å². The quantitative estimate of drug-likeness (QED) is 0.605. The third-order valence-corrected chi connectivity index (χ3v) is 5.35. The number of carbonyl (C=O) groups is 1. The van der Waals surface area contributed by atoms with Crippen molar-refractivity contribution in [2.75, 3.05) is 13.2 Å². The van der Waals surface area contributed by atoms with Gasteiger partial charge in [-0.1, -0.05) is 28.8 Å². The minimum Gasteiger partial charge on any atom is -0.490 e. The molecule has 0 spiro atoms. The van der Waals surface area contributed by atoms with Crippen LogP contribution >= 0.6 is 15.9 Å². The molecule has 0 atom stereocenters. The Morgan fingerprint density at radius 3 is 2.24 bits per heavy atom. The molecule has 25 heavy (non-hydrogen) atoms. The third kappa shape index (κ3) is 5.13. The van der Waals surface area contributed by atoms with Crippen molar-refractivity contribution in [1.29, 1.82) is 0 Å². The van der Waals surface area contributed by atoms with E-state index in [0.29, 0.717) is 37.2 Å². The number of halogens is 1. The van der Waals surface area contributed by atoms with Crippen LogP contribution in [-0.2, 0) is 11.2 Å². The van der Waals surface area contributed by atoms with E-state index in [2.05, 4.69) is 34.7 Å². The van der Waals surface area contributed by atoms with Crippen LogP contribution < -0.4 is 9.47 Å². The summed E-state index contributed by atoms with van der Waals surface area (Å²) in [5, 5.41) is 0. The molecule has 1 saturated carbocycles. The predicted octanol–water partition coefficient (Wildman–Crippen LogP) is 4.97. The molecule has 1 aliphatic carbocycles. The lowest BCUT2D eigenvalue weighted by atomic mass is 10.1. The van der Waals surface area contributed by atoms with Crippen LogP contribution in [0, 0.1) is 0 Å². The zero-order chi connectivity index (χ0) is 18.4. The van der Waals surface area contributed by atoms with Gasteiger partial charge in [0.15, 0.2) is 11.5 Å². The molecule has 0 aliphatic heterocycles. The Hall–Kier alpha value is -1.23. The maximum Gasteiger partial charge on any atom is 0.227 e. The Kier molecular flexibility index (Phi) is 7.60. The van der Waals surface area contributed by atoms with Gasteiger partial charge in [0.25, 0.3) is 0 Å². The monoisotopic (exact) mass is 411 g/mol. The van der Waals surface area contributed by atoms with Crippen LogP contribution in [0.15, 0.2) is 16.6 Å². The lowest BCUT2D eigenvalue weighted by Gasteiger charge is -2.33. The zero-order valence-electron chi connectivity index (χ0n) is 15.8. The van der Waals surface area contributed by atoms with Gasteiger partial charge in [-0.15, -0.1) is 0 Å².